The van der Waals surface area contributed by atoms with Crippen molar-refractivity contribution in [3.63, 3.8) is 0 Å². The summed E-state index contributed by atoms with van der Waals surface area (Å²) in [6.45, 7) is 14.7. The lowest BCUT2D eigenvalue weighted by Crippen LogP contribution is -2.62. The Morgan fingerprint density at radius 1 is 1.11 bits per heavy atom. The van der Waals surface area contributed by atoms with Crippen molar-refractivity contribution < 1.29 is 38.5 Å². The van der Waals surface area contributed by atoms with Gasteiger partial charge in [0.15, 0.2) is 0 Å². The van der Waals surface area contributed by atoms with Crippen LogP contribution < -0.4 is 5.32 Å². The Hall–Kier alpha value is -4.94. The molecule has 0 spiro atoms. The average molecular weight is 927 g/mol. The van der Waals surface area contributed by atoms with E-state index in [4.69, 9.17) is 24.2 Å². The van der Waals surface area contributed by atoms with E-state index in [1.807, 2.05) is 37.2 Å². The zero-order chi connectivity index (χ0) is 47.2. The fourth-order valence-electron chi connectivity index (χ4n) is 10.3. The maximum Gasteiger partial charge on any atom is 0.320 e. The molecule has 4 amide bonds. The molecule has 66 heavy (non-hydrogen) atoms. The van der Waals surface area contributed by atoms with Crippen LogP contribution in [0.5, 0.6) is 0 Å². The fourth-order valence-corrected chi connectivity index (χ4v) is 11.2. The first-order chi connectivity index (χ1) is 31.6. The molecule has 4 aliphatic heterocycles. The predicted octanol–water partition coefficient (Wildman–Crippen LogP) is 5.56. The van der Waals surface area contributed by atoms with E-state index in [-0.39, 0.29) is 67.6 Å². The molecule has 4 aliphatic rings. The second-order valence-corrected chi connectivity index (χ2v) is 20.5. The Balaban J connectivity index is 1.17. The van der Waals surface area contributed by atoms with Crippen molar-refractivity contribution in [2.75, 3.05) is 60.7 Å². The van der Waals surface area contributed by atoms with Crippen molar-refractivity contribution >= 4 is 46.1 Å². The molecule has 356 valence electrons. The van der Waals surface area contributed by atoms with Gasteiger partial charge in [0.2, 0.25) is 5.91 Å². The molecule has 16 nitrogen and oxygen atoms in total. The minimum atomic E-state index is -1.01. The lowest BCUT2D eigenvalue weighted by Gasteiger charge is -2.45. The number of pyridine rings is 1. The summed E-state index contributed by atoms with van der Waals surface area (Å²) in [7, 11) is 4.85. The molecule has 0 saturated carbocycles. The topological polar surface area (TPSA) is 172 Å². The molecule has 3 fully saturated rings. The number of ether oxygens (including phenoxy) is 3. The molecule has 3 unspecified atom stereocenters. The summed E-state index contributed by atoms with van der Waals surface area (Å²) >= 11 is 1.44. The molecule has 3 aromatic heterocycles. The molecule has 3 saturated heterocycles. The van der Waals surface area contributed by atoms with Crippen molar-refractivity contribution in [1.82, 2.24) is 39.7 Å². The number of likely N-dealkylation sites (tertiary alicyclic amines) is 1. The Labute approximate surface area is 391 Å². The summed E-state index contributed by atoms with van der Waals surface area (Å²) in [4.78, 5) is 70.3. The van der Waals surface area contributed by atoms with Crippen LogP contribution in [0.25, 0.3) is 33.4 Å². The number of hydrogen-bond acceptors (Lipinski definition) is 12. The molecule has 0 aliphatic carbocycles. The van der Waals surface area contributed by atoms with Crippen LogP contribution in [-0.4, -0.2) is 148 Å². The first kappa shape index (κ1) is 47.5. The Bertz CT molecular complexity index is 2440. The minimum Gasteiger partial charge on any atom is -0.465 e. The maximum absolute atomic E-state index is 14.9. The molecule has 4 aromatic rings. The van der Waals surface area contributed by atoms with Crippen LogP contribution in [0.2, 0.25) is 0 Å². The summed E-state index contributed by atoms with van der Waals surface area (Å²) in [6.07, 6.45) is 3.07. The number of rotatable bonds is 11. The van der Waals surface area contributed by atoms with Gasteiger partial charge in [-0.15, -0.1) is 11.3 Å². The third-order valence-corrected chi connectivity index (χ3v) is 14.9. The van der Waals surface area contributed by atoms with Crippen LogP contribution >= 0.6 is 11.3 Å². The van der Waals surface area contributed by atoms with E-state index < -0.39 is 29.3 Å². The molecular weight excluding hydrogens is 861 g/mol. The number of carbonyl (C=O) groups excluding carboxylic acids is 4. The summed E-state index contributed by atoms with van der Waals surface area (Å²) in [5.41, 5.74) is 6.27. The van der Waals surface area contributed by atoms with E-state index in [0.29, 0.717) is 57.0 Å². The molecular formula is C49H66N8O8S. The lowest BCUT2D eigenvalue weighted by molar-refractivity contribution is -0.153. The highest BCUT2D eigenvalue weighted by atomic mass is 32.1. The van der Waals surface area contributed by atoms with E-state index in [0.717, 1.165) is 44.7 Å². The second kappa shape index (κ2) is 19.3. The van der Waals surface area contributed by atoms with Gasteiger partial charge in [0.25, 0.3) is 5.91 Å². The number of nitrogens with one attached hydrogen (secondary N) is 1. The molecule has 2 N–H and O–H groups in total. The molecule has 8 rings (SSSR count). The average Bonchev–Trinajstić information content (AvgIpc) is 3.87. The number of hydrogen-bond donors (Lipinski definition) is 2. The van der Waals surface area contributed by atoms with Gasteiger partial charge in [-0.25, -0.2) is 14.8 Å². The van der Waals surface area contributed by atoms with E-state index in [9.17, 15) is 24.3 Å². The predicted molar refractivity (Wildman–Crippen MR) is 251 cm³/mol. The van der Waals surface area contributed by atoms with Crippen LogP contribution in [0.3, 0.4) is 0 Å². The molecule has 1 aromatic carbocycles. The van der Waals surface area contributed by atoms with E-state index in [2.05, 4.69) is 54.9 Å². The van der Waals surface area contributed by atoms with Gasteiger partial charge in [-0.2, -0.15) is 0 Å². The van der Waals surface area contributed by atoms with Crippen LogP contribution in [-0.2, 0) is 48.0 Å². The van der Waals surface area contributed by atoms with Crippen molar-refractivity contribution in [1.29, 1.82) is 0 Å². The number of urea groups is 1. The van der Waals surface area contributed by atoms with E-state index >= 15 is 0 Å². The maximum atomic E-state index is 14.9. The first-order valence-corrected chi connectivity index (χ1v) is 24.3. The number of hydrazine groups is 1. The highest BCUT2D eigenvalue weighted by Crippen LogP contribution is 2.43. The SMILES string of the molecule is CCn1c(-c2cccnc2[C@H](C)OC)c2c3cc(ccc31)-c1csc(n1)C[C@H](NC(=O)[C@H](C(C)C)N(C)C(=O)N1CC(C(CO)OC)C1)C(=O)N1CCC[C@@H](C(=O)OCC(C)(C)C2)C2CN21. The summed E-state index contributed by atoms with van der Waals surface area (Å²) < 4.78 is 19.8. The molecule has 7 heterocycles. The van der Waals surface area contributed by atoms with E-state index in [1.165, 1.54) is 16.2 Å². The smallest absolute Gasteiger partial charge is 0.320 e. The summed E-state index contributed by atoms with van der Waals surface area (Å²) in [5.74, 6) is -1.69. The highest BCUT2D eigenvalue weighted by molar-refractivity contribution is 7.10. The van der Waals surface area contributed by atoms with Gasteiger partial charge in [0.05, 0.1) is 59.5 Å². The third kappa shape index (κ3) is 9.21. The summed E-state index contributed by atoms with van der Waals surface area (Å²) in [5, 5.41) is 20.2. The number of carbonyl (C=O) groups is 4. The number of likely N-dealkylation sites (N-methyl/N-ethyl adjacent to an activating group) is 1. The van der Waals surface area contributed by atoms with Gasteiger partial charge in [-0.1, -0.05) is 33.8 Å². The number of cyclic esters (lactones) is 1. The number of amides is 4. The van der Waals surface area contributed by atoms with Crippen LogP contribution in [0, 0.1) is 23.2 Å². The number of methoxy groups -OCH3 is 2. The van der Waals surface area contributed by atoms with Crippen LogP contribution in [0.4, 0.5) is 4.79 Å². The third-order valence-electron chi connectivity index (χ3n) is 14.1. The Morgan fingerprint density at radius 3 is 2.58 bits per heavy atom. The van der Waals surface area contributed by atoms with Gasteiger partial charge < -0.3 is 39.0 Å². The van der Waals surface area contributed by atoms with Gasteiger partial charge in [0.1, 0.15) is 12.1 Å². The van der Waals surface area contributed by atoms with Crippen molar-refractivity contribution in [3.8, 4) is 22.5 Å². The van der Waals surface area contributed by atoms with Crippen molar-refractivity contribution in [2.45, 2.75) is 104 Å². The molecule has 17 heteroatoms. The first-order valence-electron chi connectivity index (χ1n) is 23.4. The number of aromatic nitrogens is 3. The second-order valence-electron chi connectivity index (χ2n) is 19.6. The van der Waals surface area contributed by atoms with E-state index in [1.54, 1.807) is 37.4 Å². The zero-order valence-electron chi connectivity index (χ0n) is 39.8. The number of nitrogens with zero attached hydrogens (tertiary/aromatic N) is 7. The molecule has 7 atom stereocenters. The molecule has 6 bridgehead atoms. The monoisotopic (exact) mass is 926 g/mol. The Morgan fingerprint density at radius 2 is 1.88 bits per heavy atom. The van der Waals surface area contributed by atoms with Crippen molar-refractivity contribution in [2.24, 2.45) is 23.2 Å². The number of esters is 1. The lowest BCUT2D eigenvalue weighted by atomic mass is 9.84. The number of benzene rings is 1. The quantitative estimate of drug-likeness (QED) is 0.143. The zero-order valence-corrected chi connectivity index (χ0v) is 40.6. The van der Waals surface area contributed by atoms with Crippen molar-refractivity contribution in [3.05, 3.63) is 58.2 Å². The van der Waals surface area contributed by atoms with Gasteiger partial charge >= 0.3 is 12.0 Å². The molecule has 0 radical (unpaired) electrons. The number of fused-ring (bicyclic) bond motifs is 4. The number of aliphatic hydroxyl groups excluding tert-OH is 1. The normalized spacial score (nSPS) is 23.6. The number of aryl methyl sites for hydroxylation is 1. The largest absolute Gasteiger partial charge is 0.465 e. The van der Waals surface area contributed by atoms with Crippen LogP contribution in [0.15, 0.2) is 41.9 Å². The highest BCUT2D eigenvalue weighted by Gasteiger charge is 2.52. The minimum absolute atomic E-state index is 0.00630. The summed E-state index contributed by atoms with van der Waals surface area (Å²) in [6, 6.07) is 8.07. The number of thiazole rings is 1. The van der Waals surface area contributed by atoms with Gasteiger partial charge in [0, 0.05) is 105 Å². The fraction of sp³-hybridized carbons (Fsp3) is 0.592. The van der Waals surface area contributed by atoms with Crippen LogP contribution in [0.1, 0.15) is 76.8 Å². The Kier molecular flexibility index (Phi) is 13.9. The van der Waals surface area contributed by atoms with Gasteiger partial charge in [-0.3, -0.25) is 24.4 Å². The number of aliphatic hydroxyl groups is 1. The van der Waals surface area contributed by atoms with Gasteiger partial charge in [-0.05, 0) is 68.9 Å². The standard InChI is InChI=1S/C49H66N8O8S/c1-10-55-38-16-15-30-19-34(38)35(44(55)33-13-11-17-50-42(33)29(4)63-8)21-49(5,6)27-65-47(61)32-14-12-18-56(57-24-39(32)57)46(60)36(20-41-51-37(30)26-66-41)52-45(59)43(28(2)3)53(7)48(62)54-22-31(23-54)40(25-58)64-9/h11,13,15-17,19,26,28-29,31-32,36,39-40,43,58H,10,12,14,18,20-25,27H2,1-9H3,(H,52,59)/t29-,32+,36-,39?,40?,43-,57?/m0/s1.